The molecule has 0 bridgehead atoms. The fourth-order valence-corrected chi connectivity index (χ4v) is 3.50. The van der Waals surface area contributed by atoms with Crippen molar-refractivity contribution in [3.8, 4) is 0 Å². The molecule has 1 aliphatic rings. The first kappa shape index (κ1) is 22.4. The highest BCUT2D eigenvalue weighted by Crippen LogP contribution is 2.40. The molecule has 0 aliphatic heterocycles. The zero-order chi connectivity index (χ0) is 19.7. The molecule has 1 rings (SSSR count). The van der Waals surface area contributed by atoms with Crippen molar-refractivity contribution >= 4 is 5.97 Å². The molecule has 1 unspecified atom stereocenters. The number of carbonyl (C=O) groups is 1. The summed E-state index contributed by atoms with van der Waals surface area (Å²) in [6, 6.07) is 0. The Labute approximate surface area is 159 Å². The smallest absolute Gasteiger partial charge is 0.334 e. The molecule has 0 aromatic heterocycles. The van der Waals surface area contributed by atoms with Gasteiger partial charge < -0.3 is 9.84 Å². The first-order chi connectivity index (χ1) is 12.2. The fraction of sp³-hybridized carbons (Fsp3) is 0.609. The Morgan fingerprint density at radius 2 is 2.04 bits per heavy atom. The summed E-state index contributed by atoms with van der Waals surface area (Å²) in [5.41, 5.74) is 4.83. The lowest BCUT2D eigenvalue weighted by Crippen LogP contribution is -2.19. The molecule has 146 valence electrons. The molecule has 1 atom stereocenters. The van der Waals surface area contributed by atoms with Crippen LogP contribution in [-0.2, 0) is 9.53 Å². The lowest BCUT2D eigenvalue weighted by atomic mass is 9.72. The number of esters is 1. The molecular weight excluding hydrogens is 324 g/mol. The zero-order valence-electron chi connectivity index (χ0n) is 17.4. The van der Waals surface area contributed by atoms with E-state index in [-0.39, 0.29) is 23.9 Å². The predicted molar refractivity (Wildman–Crippen MR) is 109 cm³/mol. The lowest BCUT2D eigenvalue weighted by Gasteiger charge is -2.32. The van der Waals surface area contributed by atoms with Gasteiger partial charge in [0.1, 0.15) is 0 Å². The van der Waals surface area contributed by atoms with E-state index in [1.807, 2.05) is 26.0 Å². The van der Waals surface area contributed by atoms with Crippen molar-refractivity contribution in [1.82, 2.24) is 0 Å². The maximum Gasteiger partial charge on any atom is 0.334 e. The Morgan fingerprint density at radius 1 is 1.35 bits per heavy atom. The van der Waals surface area contributed by atoms with Gasteiger partial charge in [0.05, 0.1) is 6.61 Å². The minimum atomic E-state index is -0.298. The molecule has 3 heteroatoms. The number of allylic oxidation sites excluding steroid dienone is 7. The summed E-state index contributed by atoms with van der Waals surface area (Å²) >= 11 is 0. The summed E-state index contributed by atoms with van der Waals surface area (Å²) in [5.74, 6) is -0.331. The van der Waals surface area contributed by atoms with Gasteiger partial charge in [-0.1, -0.05) is 56.2 Å². The summed E-state index contributed by atoms with van der Waals surface area (Å²) in [6.07, 6.45) is 12.4. The first-order valence-electron chi connectivity index (χ1n) is 9.77. The molecule has 0 radical (unpaired) electrons. The van der Waals surface area contributed by atoms with E-state index < -0.39 is 0 Å². The van der Waals surface area contributed by atoms with E-state index in [2.05, 4.69) is 32.9 Å². The molecule has 0 aromatic carbocycles. The summed E-state index contributed by atoms with van der Waals surface area (Å²) in [4.78, 5) is 12.2. The SMILES string of the molecule is CCOC(=O)\C(=C/C=C(C)/C=C/C1=C(C)CCCC1(C)C)C(C)CCO. The molecule has 0 saturated heterocycles. The fourth-order valence-electron chi connectivity index (χ4n) is 3.50. The van der Waals surface area contributed by atoms with Gasteiger partial charge in [0.25, 0.3) is 0 Å². The predicted octanol–water partition coefficient (Wildman–Crippen LogP) is 5.52. The number of aliphatic hydroxyl groups excluding tert-OH is 1. The van der Waals surface area contributed by atoms with Crippen LogP contribution in [0.25, 0.3) is 0 Å². The highest BCUT2D eigenvalue weighted by atomic mass is 16.5. The summed E-state index contributed by atoms with van der Waals surface area (Å²) in [7, 11) is 0. The first-order valence-corrected chi connectivity index (χ1v) is 9.77. The number of aliphatic hydroxyl groups is 1. The Kier molecular flexibility index (Phi) is 9.07. The highest BCUT2D eigenvalue weighted by Gasteiger charge is 2.26. The van der Waals surface area contributed by atoms with Crippen molar-refractivity contribution < 1.29 is 14.6 Å². The van der Waals surface area contributed by atoms with Crippen LogP contribution in [0.4, 0.5) is 0 Å². The van der Waals surface area contributed by atoms with E-state index in [0.29, 0.717) is 18.6 Å². The Morgan fingerprint density at radius 3 is 2.62 bits per heavy atom. The van der Waals surface area contributed by atoms with Crippen LogP contribution in [0.1, 0.15) is 67.2 Å². The van der Waals surface area contributed by atoms with E-state index in [9.17, 15) is 4.79 Å². The number of hydrogen-bond donors (Lipinski definition) is 1. The molecule has 1 N–H and O–H groups in total. The van der Waals surface area contributed by atoms with Crippen LogP contribution in [0.3, 0.4) is 0 Å². The third-order valence-corrected chi connectivity index (χ3v) is 5.19. The van der Waals surface area contributed by atoms with Gasteiger partial charge in [0.2, 0.25) is 0 Å². The van der Waals surface area contributed by atoms with Gasteiger partial charge in [-0.3, -0.25) is 0 Å². The van der Waals surface area contributed by atoms with Crippen LogP contribution in [-0.4, -0.2) is 24.3 Å². The normalized spacial score (nSPS) is 19.8. The number of ether oxygens (including phenoxy) is 1. The molecule has 0 aromatic rings. The van der Waals surface area contributed by atoms with Crippen molar-refractivity contribution in [2.75, 3.05) is 13.2 Å². The van der Waals surface area contributed by atoms with Crippen LogP contribution in [0.15, 0.2) is 46.6 Å². The number of rotatable bonds is 8. The monoisotopic (exact) mass is 360 g/mol. The van der Waals surface area contributed by atoms with Crippen LogP contribution in [0.5, 0.6) is 0 Å². The number of carbonyl (C=O) groups excluding carboxylic acids is 1. The van der Waals surface area contributed by atoms with Gasteiger partial charge in [0, 0.05) is 12.2 Å². The average Bonchev–Trinajstić information content (AvgIpc) is 2.54. The van der Waals surface area contributed by atoms with Gasteiger partial charge in [-0.2, -0.15) is 0 Å². The van der Waals surface area contributed by atoms with Gasteiger partial charge in [0.15, 0.2) is 0 Å². The van der Waals surface area contributed by atoms with Crippen molar-refractivity contribution in [3.63, 3.8) is 0 Å². The zero-order valence-corrected chi connectivity index (χ0v) is 17.4. The minimum absolute atomic E-state index is 0.0330. The van der Waals surface area contributed by atoms with Gasteiger partial charge in [-0.05, 0) is 63.4 Å². The van der Waals surface area contributed by atoms with Crippen LogP contribution in [0, 0.1) is 11.3 Å². The van der Waals surface area contributed by atoms with Crippen LogP contribution < -0.4 is 0 Å². The standard InChI is InChI=1S/C23H36O3/c1-7-26-22(25)20(18(3)14-16-24)12-10-17(2)11-13-21-19(4)9-8-15-23(21,5)6/h10-13,18,24H,7-9,14-16H2,1-6H3/b13-11+,17-10+,20-12-. The quantitative estimate of drug-likeness (QED) is 0.352. The highest BCUT2D eigenvalue weighted by molar-refractivity contribution is 5.89. The molecule has 0 saturated carbocycles. The van der Waals surface area contributed by atoms with Crippen molar-refractivity contribution in [2.45, 2.75) is 67.2 Å². The van der Waals surface area contributed by atoms with Gasteiger partial charge in [-0.15, -0.1) is 0 Å². The third-order valence-electron chi connectivity index (χ3n) is 5.19. The molecule has 0 spiro atoms. The molecular formula is C23H36O3. The van der Waals surface area contributed by atoms with Crippen molar-refractivity contribution in [1.29, 1.82) is 0 Å². The van der Waals surface area contributed by atoms with E-state index >= 15 is 0 Å². The van der Waals surface area contributed by atoms with Crippen molar-refractivity contribution in [3.05, 3.63) is 46.6 Å². The number of hydrogen-bond acceptors (Lipinski definition) is 3. The molecule has 0 heterocycles. The van der Waals surface area contributed by atoms with Gasteiger partial charge in [-0.25, -0.2) is 4.79 Å². The topological polar surface area (TPSA) is 46.5 Å². The Bertz CT molecular complexity index is 603. The molecule has 0 amide bonds. The van der Waals surface area contributed by atoms with Gasteiger partial charge >= 0.3 is 5.97 Å². The molecule has 0 fully saturated rings. The summed E-state index contributed by atoms with van der Waals surface area (Å²) in [5, 5.41) is 9.17. The second-order valence-corrected chi connectivity index (χ2v) is 7.93. The largest absolute Gasteiger partial charge is 0.463 e. The lowest BCUT2D eigenvalue weighted by molar-refractivity contribution is -0.139. The van der Waals surface area contributed by atoms with Crippen LogP contribution in [0.2, 0.25) is 0 Å². The van der Waals surface area contributed by atoms with E-state index in [0.717, 1.165) is 5.57 Å². The molecule has 3 nitrogen and oxygen atoms in total. The maximum atomic E-state index is 12.2. The van der Waals surface area contributed by atoms with Crippen LogP contribution >= 0.6 is 0 Å². The minimum Gasteiger partial charge on any atom is -0.463 e. The molecule has 26 heavy (non-hydrogen) atoms. The maximum absolute atomic E-state index is 12.2. The van der Waals surface area contributed by atoms with E-state index in [1.165, 1.54) is 30.4 Å². The summed E-state index contributed by atoms with van der Waals surface area (Å²) < 4.78 is 5.16. The van der Waals surface area contributed by atoms with E-state index in [1.54, 1.807) is 6.92 Å². The second-order valence-electron chi connectivity index (χ2n) is 7.93. The molecule has 1 aliphatic carbocycles. The Balaban J connectivity index is 3.01. The second kappa shape index (κ2) is 10.5. The van der Waals surface area contributed by atoms with E-state index in [4.69, 9.17) is 9.84 Å². The summed E-state index contributed by atoms with van der Waals surface area (Å²) in [6.45, 7) is 13.0. The Hall–Kier alpha value is -1.61. The third kappa shape index (κ3) is 6.60. The van der Waals surface area contributed by atoms with Crippen molar-refractivity contribution in [2.24, 2.45) is 11.3 Å². The average molecular weight is 361 g/mol.